The van der Waals surface area contributed by atoms with Crippen LogP contribution in [0.2, 0.25) is 0 Å². The quantitative estimate of drug-likeness (QED) is 0.388. The number of hydrogen-bond donors (Lipinski definition) is 2. The Hall–Kier alpha value is -2.08. The van der Waals surface area contributed by atoms with Crippen molar-refractivity contribution < 1.29 is 5.21 Å². The fourth-order valence-corrected chi connectivity index (χ4v) is 2.60. The van der Waals surface area contributed by atoms with Crippen LogP contribution in [0.3, 0.4) is 0 Å². The van der Waals surface area contributed by atoms with E-state index in [2.05, 4.69) is 21.4 Å². The Bertz CT molecular complexity index is 628. The smallest absolute Gasteiger partial charge is 0.172 e. The molecule has 0 unspecified atom stereocenters. The molecule has 6 heteroatoms. The Balaban J connectivity index is 2.38. The molecular weight excluding hydrogens is 260 g/mol. The lowest BCUT2D eigenvalue weighted by Crippen LogP contribution is -2.15. The molecule has 0 spiro atoms. The van der Waals surface area contributed by atoms with E-state index in [-0.39, 0.29) is 5.84 Å². The molecule has 1 aromatic carbocycles. The van der Waals surface area contributed by atoms with Gasteiger partial charge in [0, 0.05) is 4.90 Å². The molecule has 2 aromatic rings. The van der Waals surface area contributed by atoms with Crippen molar-refractivity contribution in [1.29, 1.82) is 0 Å². The van der Waals surface area contributed by atoms with E-state index < -0.39 is 0 Å². The van der Waals surface area contributed by atoms with Crippen LogP contribution < -0.4 is 5.73 Å². The molecule has 0 radical (unpaired) electrons. The molecule has 0 amide bonds. The average Bonchev–Trinajstić information content (AvgIpc) is 2.41. The number of rotatable bonds is 3. The van der Waals surface area contributed by atoms with Crippen molar-refractivity contribution in [1.82, 2.24) is 10.2 Å². The van der Waals surface area contributed by atoms with Crippen molar-refractivity contribution in [3.05, 3.63) is 47.2 Å². The van der Waals surface area contributed by atoms with Crippen LogP contribution in [0, 0.1) is 13.8 Å². The van der Waals surface area contributed by atoms with Gasteiger partial charge in [-0.3, -0.25) is 0 Å². The summed E-state index contributed by atoms with van der Waals surface area (Å²) < 4.78 is 0. The minimum Gasteiger partial charge on any atom is -0.409 e. The molecule has 1 aromatic heterocycles. The number of nitrogens with zero attached hydrogens (tertiary/aromatic N) is 3. The largest absolute Gasteiger partial charge is 0.409 e. The molecule has 0 saturated heterocycles. The Morgan fingerprint density at radius 2 is 2.11 bits per heavy atom. The van der Waals surface area contributed by atoms with Crippen LogP contribution in [0.1, 0.15) is 16.7 Å². The molecule has 1 heterocycles. The molecule has 0 bridgehead atoms. The lowest BCUT2D eigenvalue weighted by molar-refractivity contribution is 0.318. The zero-order chi connectivity index (χ0) is 13.8. The number of aryl methyl sites for hydroxylation is 2. The third-order valence-electron chi connectivity index (χ3n) is 2.61. The summed E-state index contributed by atoms with van der Waals surface area (Å²) in [4.78, 5) is 1.07. The SMILES string of the molecule is Cc1ccc(Sc2nnccc2/C(N)=N/O)c(C)c1. The summed E-state index contributed by atoms with van der Waals surface area (Å²) >= 11 is 1.45. The number of nitrogens with two attached hydrogens (primary N) is 1. The van der Waals surface area contributed by atoms with Gasteiger partial charge >= 0.3 is 0 Å². The monoisotopic (exact) mass is 274 g/mol. The van der Waals surface area contributed by atoms with Gasteiger partial charge in [0.15, 0.2) is 5.84 Å². The molecule has 0 fully saturated rings. The summed E-state index contributed by atoms with van der Waals surface area (Å²) in [6.07, 6.45) is 1.51. The van der Waals surface area contributed by atoms with E-state index in [4.69, 9.17) is 10.9 Å². The van der Waals surface area contributed by atoms with Crippen LogP contribution in [-0.4, -0.2) is 21.2 Å². The van der Waals surface area contributed by atoms with E-state index in [1.165, 1.54) is 23.5 Å². The summed E-state index contributed by atoms with van der Waals surface area (Å²) in [6, 6.07) is 7.84. The first-order valence-electron chi connectivity index (χ1n) is 5.66. The van der Waals surface area contributed by atoms with E-state index >= 15 is 0 Å². The Labute approximate surface area is 115 Å². The van der Waals surface area contributed by atoms with E-state index in [0.717, 1.165) is 10.5 Å². The van der Waals surface area contributed by atoms with E-state index in [1.807, 2.05) is 26.0 Å². The van der Waals surface area contributed by atoms with Gasteiger partial charge in [0.05, 0.1) is 11.8 Å². The second-order valence-corrected chi connectivity index (χ2v) is 5.14. The predicted molar refractivity (Wildman–Crippen MR) is 74.6 cm³/mol. The Kier molecular flexibility index (Phi) is 4.01. The van der Waals surface area contributed by atoms with Gasteiger partial charge < -0.3 is 10.9 Å². The van der Waals surface area contributed by atoms with Crippen molar-refractivity contribution in [3.63, 3.8) is 0 Å². The van der Waals surface area contributed by atoms with Crippen molar-refractivity contribution in [2.45, 2.75) is 23.8 Å². The van der Waals surface area contributed by atoms with Crippen LogP contribution in [0.5, 0.6) is 0 Å². The van der Waals surface area contributed by atoms with Crippen LogP contribution in [0.4, 0.5) is 0 Å². The van der Waals surface area contributed by atoms with E-state index in [1.54, 1.807) is 6.07 Å². The third-order valence-corrected chi connectivity index (χ3v) is 3.78. The number of oxime groups is 1. The number of amidine groups is 1. The van der Waals surface area contributed by atoms with Crippen LogP contribution in [0.15, 0.2) is 45.5 Å². The molecule has 2 rings (SSSR count). The van der Waals surface area contributed by atoms with Gasteiger partial charge in [0.1, 0.15) is 5.03 Å². The first-order chi connectivity index (χ1) is 9.11. The Morgan fingerprint density at radius 3 is 2.79 bits per heavy atom. The van der Waals surface area contributed by atoms with Gasteiger partial charge in [-0.05, 0) is 31.5 Å². The van der Waals surface area contributed by atoms with Crippen molar-refractivity contribution in [2.75, 3.05) is 0 Å². The molecule has 0 saturated carbocycles. The molecule has 0 aliphatic rings. The highest BCUT2D eigenvalue weighted by atomic mass is 32.2. The van der Waals surface area contributed by atoms with Crippen LogP contribution in [-0.2, 0) is 0 Å². The Morgan fingerprint density at radius 1 is 1.32 bits per heavy atom. The predicted octanol–water partition coefficient (Wildman–Crippen LogP) is 2.34. The molecule has 5 nitrogen and oxygen atoms in total. The standard InChI is InChI=1S/C13H14N4OS/c1-8-3-4-11(9(2)7-8)19-13-10(12(14)17-18)5-6-15-16-13/h3-7,18H,1-2H3,(H2,14,17). The zero-order valence-corrected chi connectivity index (χ0v) is 11.5. The van der Waals surface area contributed by atoms with E-state index in [0.29, 0.717) is 10.6 Å². The second-order valence-electron chi connectivity index (χ2n) is 4.11. The zero-order valence-electron chi connectivity index (χ0n) is 10.7. The summed E-state index contributed by atoms with van der Waals surface area (Å²) in [6.45, 7) is 4.08. The van der Waals surface area contributed by atoms with Gasteiger partial charge in [0.25, 0.3) is 0 Å². The maximum atomic E-state index is 8.78. The molecule has 19 heavy (non-hydrogen) atoms. The normalized spacial score (nSPS) is 11.6. The molecule has 3 N–H and O–H groups in total. The molecular formula is C13H14N4OS. The summed E-state index contributed by atoms with van der Waals surface area (Å²) in [7, 11) is 0. The van der Waals surface area contributed by atoms with Crippen molar-refractivity contribution in [3.8, 4) is 0 Å². The van der Waals surface area contributed by atoms with Crippen LogP contribution >= 0.6 is 11.8 Å². The highest BCUT2D eigenvalue weighted by Gasteiger charge is 2.11. The number of aromatic nitrogens is 2. The van der Waals surface area contributed by atoms with Crippen molar-refractivity contribution >= 4 is 17.6 Å². The molecule has 0 atom stereocenters. The first kappa shape index (κ1) is 13.4. The molecule has 0 aliphatic heterocycles. The second kappa shape index (κ2) is 5.71. The average molecular weight is 274 g/mol. The lowest BCUT2D eigenvalue weighted by Gasteiger charge is -2.08. The number of benzene rings is 1. The third kappa shape index (κ3) is 3.03. The highest BCUT2D eigenvalue weighted by molar-refractivity contribution is 7.99. The minimum absolute atomic E-state index is 0.0298. The summed E-state index contributed by atoms with van der Waals surface area (Å²) in [5.74, 6) is 0.0298. The fourth-order valence-electron chi connectivity index (χ4n) is 1.66. The van der Waals surface area contributed by atoms with Crippen LogP contribution in [0.25, 0.3) is 0 Å². The minimum atomic E-state index is 0.0298. The molecule has 0 aliphatic carbocycles. The van der Waals surface area contributed by atoms with Gasteiger partial charge in [-0.1, -0.05) is 34.6 Å². The molecule has 98 valence electrons. The maximum absolute atomic E-state index is 8.78. The van der Waals surface area contributed by atoms with Gasteiger partial charge in [-0.2, -0.15) is 5.10 Å². The number of hydrogen-bond acceptors (Lipinski definition) is 5. The van der Waals surface area contributed by atoms with Gasteiger partial charge in [-0.25, -0.2) is 0 Å². The van der Waals surface area contributed by atoms with Crippen molar-refractivity contribution in [2.24, 2.45) is 10.9 Å². The highest BCUT2D eigenvalue weighted by Crippen LogP contribution is 2.31. The lowest BCUT2D eigenvalue weighted by atomic mass is 10.2. The van der Waals surface area contributed by atoms with E-state index in [9.17, 15) is 0 Å². The fraction of sp³-hybridized carbons (Fsp3) is 0.154. The summed E-state index contributed by atoms with van der Waals surface area (Å²) in [5, 5.41) is 20.3. The van der Waals surface area contributed by atoms with Gasteiger partial charge in [-0.15, -0.1) is 5.10 Å². The maximum Gasteiger partial charge on any atom is 0.172 e. The topological polar surface area (TPSA) is 84.4 Å². The first-order valence-corrected chi connectivity index (χ1v) is 6.48. The van der Waals surface area contributed by atoms with Gasteiger partial charge in [0.2, 0.25) is 0 Å². The summed E-state index contributed by atoms with van der Waals surface area (Å²) in [5.41, 5.74) is 8.56.